The van der Waals surface area contributed by atoms with Crippen LogP contribution in [0.5, 0.6) is 0 Å². The first-order valence-electron chi connectivity index (χ1n) is 7.65. The summed E-state index contributed by atoms with van der Waals surface area (Å²) >= 11 is 0. The van der Waals surface area contributed by atoms with Crippen molar-refractivity contribution < 1.29 is 10.4 Å². The van der Waals surface area contributed by atoms with Crippen LogP contribution in [-0.4, -0.2) is 22.8 Å². The fourth-order valence-electron chi connectivity index (χ4n) is 3.27. The second-order valence-electron chi connectivity index (χ2n) is 5.66. The van der Waals surface area contributed by atoms with Gasteiger partial charge in [0.1, 0.15) is 0 Å². The summed E-state index contributed by atoms with van der Waals surface area (Å²) in [5.41, 5.74) is 5.68. The highest BCUT2D eigenvalue weighted by Gasteiger charge is 2.17. The third kappa shape index (κ3) is 2.52. The van der Waals surface area contributed by atoms with Gasteiger partial charge < -0.3 is 10.4 Å². The van der Waals surface area contributed by atoms with Crippen LogP contribution in [0, 0.1) is 13.8 Å². The molecule has 0 aliphatic carbocycles. The SMILES string of the molecule is Cc1c(/C=N/O)c(-c2ccccc2/C=N\O)c(C)c2ccccc12. The van der Waals surface area contributed by atoms with Gasteiger partial charge in [-0.2, -0.15) is 0 Å². The van der Waals surface area contributed by atoms with Crippen LogP contribution in [0.1, 0.15) is 22.3 Å². The van der Waals surface area contributed by atoms with E-state index in [0.29, 0.717) is 0 Å². The predicted molar refractivity (Wildman–Crippen MR) is 97.6 cm³/mol. The van der Waals surface area contributed by atoms with E-state index in [2.05, 4.69) is 29.4 Å². The maximum absolute atomic E-state index is 9.15. The molecule has 120 valence electrons. The molecule has 3 rings (SSSR count). The number of rotatable bonds is 3. The van der Waals surface area contributed by atoms with Gasteiger partial charge in [0.25, 0.3) is 0 Å². The minimum atomic E-state index is 0.797. The molecular weight excluding hydrogens is 300 g/mol. The van der Waals surface area contributed by atoms with E-state index in [9.17, 15) is 0 Å². The van der Waals surface area contributed by atoms with Crippen molar-refractivity contribution in [2.24, 2.45) is 10.3 Å². The van der Waals surface area contributed by atoms with Gasteiger partial charge in [-0.25, -0.2) is 0 Å². The first-order chi connectivity index (χ1) is 11.7. The van der Waals surface area contributed by atoms with E-state index in [-0.39, 0.29) is 0 Å². The Labute approximate surface area is 140 Å². The van der Waals surface area contributed by atoms with Crippen molar-refractivity contribution in [2.45, 2.75) is 13.8 Å². The van der Waals surface area contributed by atoms with Gasteiger partial charge >= 0.3 is 0 Å². The largest absolute Gasteiger partial charge is 0.411 e. The number of benzene rings is 3. The Kier molecular flexibility index (Phi) is 4.29. The highest BCUT2D eigenvalue weighted by molar-refractivity contribution is 6.06. The molecular formula is C20H18N2O2. The third-order valence-electron chi connectivity index (χ3n) is 4.40. The number of oxime groups is 2. The highest BCUT2D eigenvalue weighted by Crippen LogP contribution is 2.37. The van der Waals surface area contributed by atoms with Gasteiger partial charge in [-0.3, -0.25) is 0 Å². The molecule has 0 aliphatic rings. The van der Waals surface area contributed by atoms with Gasteiger partial charge in [0, 0.05) is 11.1 Å². The molecule has 0 amide bonds. The van der Waals surface area contributed by atoms with E-state index < -0.39 is 0 Å². The summed E-state index contributed by atoms with van der Waals surface area (Å²) < 4.78 is 0. The van der Waals surface area contributed by atoms with E-state index >= 15 is 0 Å². The molecule has 0 radical (unpaired) electrons. The zero-order valence-electron chi connectivity index (χ0n) is 13.6. The zero-order chi connectivity index (χ0) is 17.1. The van der Waals surface area contributed by atoms with E-state index in [4.69, 9.17) is 10.4 Å². The Bertz CT molecular complexity index is 959. The van der Waals surface area contributed by atoms with Gasteiger partial charge in [-0.05, 0) is 46.9 Å². The lowest BCUT2D eigenvalue weighted by Crippen LogP contribution is -2.00. The number of aryl methyl sites for hydroxylation is 2. The fourth-order valence-corrected chi connectivity index (χ4v) is 3.27. The Balaban J connectivity index is 2.48. The zero-order valence-corrected chi connectivity index (χ0v) is 13.6. The van der Waals surface area contributed by atoms with Gasteiger partial charge in [0.05, 0.1) is 12.4 Å². The second-order valence-corrected chi connectivity index (χ2v) is 5.66. The second kappa shape index (κ2) is 6.54. The normalized spacial score (nSPS) is 11.8. The summed E-state index contributed by atoms with van der Waals surface area (Å²) in [6.45, 7) is 4.07. The molecule has 0 saturated carbocycles. The molecule has 0 heterocycles. The summed E-state index contributed by atoms with van der Waals surface area (Å²) in [5.74, 6) is 0. The minimum Gasteiger partial charge on any atom is -0.411 e. The first-order valence-corrected chi connectivity index (χ1v) is 7.65. The van der Waals surface area contributed by atoms with Gasteiger partial charge in [-0.1, -0.05) is 58.8 Å². The predicted octanol–water partition coefficient (Wildman–Crippen LogP) is 4.74. The topological polar surface area (TPSA) is 65.2 Å². The van der Waals surface area contributed by atoms with Crippen molar-refractivity contribution in [1.82, 2.24) is 0 Å². The summed E-state index contributed by atoms with van der Waals surface area (Å²) in [7, 11) is 0. The van der Waals surface area contributed by atoms with E-state index in [1.54, 1.807) is 0 Å². The lowest BCUT2D eigenvalue weighted by Gasteiger charge is -2.18. The average molecular weight is 318 g/mol. The molecule has 0 unspecified atom stereocenters. The van der Waals surface area contributed by atoms with Gasteiger partial charge in [-0.15, -0.1) is 0 Å². The van der Waals surface area contributed by atoms with Gasteiger partial charge in [0.15, 0.2) is 0 Å². The molecule has 3 aromatic rings. The Morgan fingerprint density at radius 2 is 1.33 bits per heavy atom. The number of hydrogen-bond donors (Lipinski definition) is 2. The smallest absolute Gasteiger partial charge is 0.0743 e. The number of fused-ring (bicyclic) bond motifs is 1. The van der Waals surface area contributed by atoms with Crippen LogP contribution in [-0.2, 0) is 0 Å². The molecule has 0 bridgehead atoms. The Morgan fingerprint density at radius 1 is 0.750 bits per heavy atom. The summed E-state index contributed by atoms with van der Waals surface area (Å²) in [4.78, 5) is 0. The van der Waals surface area contributed by atoms with Gasteiger partial charge in [0.2, 0.25) is 0 Å². The van der Waals surface area contributed by atoms with Crippen molar-refractivity contribution >= 4 is 23.2 Å². The van der Waals surface area contributed by atoms with Crippen LogP contribution in [0.3, 0.4) is 0 Å². The Morgan fingerprint density at radius 3 is 2.00 bits per heavy atom. The fraction of sp³-hybridized carbons (Fsp3) is 0.100. The Hall–Kier alpha value is -3.14. The summed E-state index contributed by atoms with van der Waals surface area (Å²) in [5, 5.41) is 26.8. The monoisotopic (exact) mass is 318 g/mol. The molecule has 0 fully saturated rings. The molecule has 0 saturated heterocycles. The van der Waals surface area contributed by atoms with E-state index in [1.807, 2.05) is 43.3 Å². The average Bonchev–Trinajstić information content (AvgIpc) is 2.61. The van der Waals surface area contributed by atoms with Crippen molar-refractivity contribution in [3.63, 3.8) is 0 Å². The molecule has 24 heavy (non-hydrogen) atoms. The van der Waals surface area contributed by atoms with Crippen LogP contribution in [0.25, 0.3) is 21.9 Å². The van der Waals surface area contributed by atoms with Crippen molar-refractivity contribution in [1.29, 1.82) is 0 Å². The lowest BCUT2D eigenvalue weighted by molar-refractivity contribution is 0.321. The van der Waals surface area contributed by atoms with E-state index in [0.717, 1.165) is 44.2 Å². The summed E-state index contributed by atoms with van der Waals surface area (Å²) in [6.07, 6.45) is 2.89. The van der Waals surface area contributed by atoms with Crippen LogP contribution in [0.4, 0.5) is 0 Å². The quantitative estimate of drug-likeness (QED) is 0.416. The lowest BCUT2D eigenvalue weighted by atomic mass is 9.85. The van der Waals surface area contributed by atoms with Crippen molar-refractivity contribution in [3.05, 3.63) is 70.8 Å². The van der Waals surface area contributed by atoms with Crippen LogP contribution >= 0.6 is 0 Å². The van der Waals surface area contributed by atoms with Crippen LogP contribution in [0.15, 0.2) is 58.8 Å². The standard InChI is InChI=1S/C20H18N2O2/c1-13-16-8-5-6-9-17(16)14(2)20(19(13)12-22-24)18-10-4-3-7-15(18)11-21-23/h3-12,23-24H,1-2H3/b21-11-,22-12+. The third-order valence-corrected chi connectivity index (χ3v) is 4.40. The molecule has 0 atom stereocenters. The first kappa shape index (κ1) is 15.7. The molecule has 2 N–H and O–H groups in total. The number of hydrogen-bond acceptors (Lipinski definition) is 4. The number of nitrogens with zero attached hydrogens (tertiary/aromatic N) is 2. The minimum absolute atomic E-state index is 0.797. The van der Waals surface area contributed by atoms with Crippen molar-refractivity contribution in [3.8, 4) is 11.1 Å². The van der Waals surface area contributed by atoms with Crippen LogP contribution < -0.4 is 0 Å². The molecule has 4 nitrogen and oxygen atoms in total. The molecule has 0 spiro atoms. The van der Waals surface area contributed by atoms with E-state index in [1.165, 1.54) is 12.4 Å². The molecule has 0 aromatic heterocycles. The maximum Gasteiger partial charge on any atom is 0.0743 e. The maximum atomic E-state index is 9.15. The summed E-state index contributed by atoms with van der Waals surface area (Å²) in [6, 6.07) is 15.9. The molecule has 0 aliphatic heterocycles. The molecule has 4 heteroatoms. The highest BCUT2D eigenvalue weighted by atomic mass is 16.4. The molecule has 3 aromatic carbocycles. The van der Waals surface area contributed by atoms with Crippen molar-refractivity contribution in [2.75, 3.05) is 0 Å². The van der Waals surface area contributed by atoms with Crippen LogP contribution in [0.2, 0.25) is 0 Å².